The van der Waals surface area contributed by atoms with Crippen molar-refractivity contribution in [1.82, 2.24) is 5.32 Å². The van der Waals surface area contributed by atoms with Crippen molar-refractivity contribution in [2.75, 3.05) is 6.54 Å². The van der Waals surface area contributed by atoms with E-state index >= 15 is 0 Å². The molecule has 1 N–H and O–H groups in total. The molecule has 1 aromatic rings. The van der Waals surface area contributed by atoms with E-state index in [1.165, 1.54) is 25.0 Å². The maximum absolute atomic E-state index is 13.0. The van der Waals surface area contributed by atoms with E-state index in [0.717, 1.165) is 23.9 Å². The van der Waals surface area contributed by atoms with Crippen LogP contribution in [0.4, 0.5) is 4.39 Å². The van der Waals surface area contributed by atoms with Crippen molar-refractivity contribution in [3.8, 4) is 0 Å². The summed E-state index contributed by atoms with van der Waals surface area (Å²) in [5.41, 5.74) is 0.910. The number of halogens is 2. The fourth-order valence-electron chi connectivity index (χ4n) is 1.99. The highest BCUT2D eigenvalue weighted by Gasteiger charge is 2.27. The molecule has 0 saturated heterocycles. The first-order valence-corrected chi connectivity index (χ1v) is 6.18. The van der Waals surface area contributed by atoms with Gasteiger partial charge in [0.25, 0.3) is 0 Å². The molecule has 2 rings (SSSR count). The number of hydrogen-bond acceptors (Lipinski definition) is 1. The quantitative estimate of drug-likeness (QED) is 0.831. The molecule has 1 aromatic carbocycles. The van der Waals surface area contributed by atoms with Crippen LogP contribution in [0.25, 0.3) is 0 Å². The molecule has 1 atom stereocenters. The van der Waals surface area contributed by atoms with Gasteiger partial charge in [0.2, 0.25) is 0 Å². The first-order valence-electron chi connectivity index (χ1n) is 5.81. The molecular weight excluding hydrogens is 225 g/mol. The highest BCUT2D eigenvalue weighted by molar-refractivity contribution is 6.30. The van der Waals surface area contributed by atoms with E-state index in [4.69, 9.17) is 11.6 Å². The van der Waals surface area contributed by atoms with Gasteiger partial charge in [0.15, 0.2) is 0 Å². The van der Waals surface area contributed by atoms with Gasteiger partial charge in [-0.3, -0.25) is 0 Å². The Kier molecular flexibility index (Phi) is 3.82. The first-order chi connectivity index (χ1) is 7.65. The Morgan fingerprint density at radius 2 is 2.19 bits per heavy atom. The van der Waals surface area contributed by atoms with E-state index in [0.29, 0.717) is 11.6 Å². The Balaban J connectivity index is 1.79. The highest BCUT2D eigenvalue weighted by Crippen LogP contribution is 2.36. The minimum atomic E-state index is -0.264. The van der Waals surface area contributed by atoms with Crippen molar-refractivity contribution >= 4 is 11.6 Å². The van der Waals surface area contributed by atoms with Gasteiger partial charge in [-0.05, 0) is 55.0 Å². The van der Waals surface area contributed by atoms with Crippen LogP contribution < -0.4 is 5.32 Å². The molecule has 1 aliphatic carbocycles. The molecule has 1 nitrogen and oxygen atoms in total. The summed E-state index contributed by atoms with van der Waals surface area (Å²) < 4.78 is 13.0. The zero-order valence-electron chi connectivity index (χ0n) is 9.47. The van der Waals surface area contributed by atoms with Crippen LogP contribution in [0.1, 0.15) is 25.3 Å². The normalized spacial score (nSPS) is 17.4. The largest absolute Gasteiger partial charge is 0.312 e. The lowest BCUT2D eigenvalue weighted by molar-refractivity contribution is 0.461. The summed E-state index contributed by atoms with van der Waals surface area (Å²) >= 11 is 5.78. The molecule has 0 amide bonds. The highest BCUT2D eigenvalue weighted by atomic mass is 35.5. The van der Waals surface area contributed by atoms with Gasteiger partial charge in [0.05, 0.1) is 0 Å². The summed E-state index contributed by atoms with van der Waals surface area (Å²) in [6, 6.07) is 4.66. The number of hydrogen-bond donors (Lipinski definition) is 1. The van der Waals surface area contributed by atoms with Crippen molar-refractivity contribution in [2.45, 2.75) is 26.3 Å². The molecule has 0 radical (unpaired) electrons. The minimum Gasteiger partial charge on any atom is -0.312 e. The van der Waals surface area contributed by atoms with Crippen LogP contribution in [0, 0.1) is 17.7 Å². The Bertz CT molecular complexity index is 343. The van der Waals surface area contributed by atoms with E-state index < -0.39 is 0 Å². The molecule has 1 fully saturated rings. The lowest BCUT2D eigenvalue weighted by Crippen LogP contribution is -2.21. The van der Waals surface area contributed by atoms with E-state index in [2.05, 4.69) is 12.2 Å². The van der Waals surface area contributed by atoms with Crippen molar-refractivity contribution < 1.29 is 4.39 Å². The fraction of sp³-hybridized carbons (Fsp3) is 0.538. The van der Waals surface area contributed by atoms with E-state index in [1.807, 2.05) is 0 Å². The zero-order chi connectivity index (χ0) is 11.5. The predicted molar refractivity (Wildman–Crippen MR) is 65.0 cm³/mol. The molecule has 0 aromatic heterocycles. The second-order valence-corrected chi connectivity index (χ2v) is 5.16. The maximum Gasteiger partial charge on any atom is 0.125 e. The minimum absolute atomic E-state index is 0.264. The van der Waals surface area contributed by atoms with Gasteiger partial charge < -0.3 is 5.32 Å². The zero-order valence-corrected chi connectivity index (χ0v) is 10.2. The van der Waals surface area contributed by atoms with Crippen molar-refractivity contribution in [3.05, 3.63) is 34.6 Å². The monoisotopic (exact) mass is 241 g/mol. The smallest absolute Gasteiger partial charge is 0.125 e. The second-order valence-electron chi connectivity index (χ2n) is 4.72. The number of nitrogens with one attached hydrogen (secondary N) is 1. The van der Waals surface area contributed by atoms with E-state index in [9.17, 15) is 4.39 Å². The number of rotatable bonds is 5. The summed E-state index contributed by atoms with van der Waals surface area (Å²) in [5, 5.41) is 3.82. The Labute approximate surface area is 101 Å². The molecule has 88 valence electrons. The molecular formula is C13H17ClFN. The average molecular weight is 242 g/mol. The molecule has 0 spiro atoms. The first kappa shape index (κ1) is 11.9. The molecule has 3 heteroatoms. The van der Waals surface area contributed by atoms with Gasteiger partial charge in [0, 0.05) is 11.6 Å². The lowest BCUT2D eigenvalue weighted by Gasteiger charge is -2.11. The molecule has 0 aliphatic heterocycles. The van der Waals surface area contributed by atoms with Crippen molar-refractivity contribution in [1.29, 1.82) is 0 Å². The molecule has 1 saturated carbocycles. The van der Waals surface area contributed by atoms with Gasteiger partial charge >= 0.3 is 0 Å². The maximum atomic E-state index is 13.0. The summed E-state index contributed by atoms with van der Waals surface area (Å²) in [5.74, 6) is 1.37. The van der Waals surface area contributed by atoms with Crippen LogP contribution in [0.3, 0.4) is 0 Å². The molecule has 1 aliphatic rings. The molecule has 1 unspecified atom stereocenters. The average Bonchev–Trinajstić information content (AvgIpc) is 2.98. The lowest BCUT2D eigenvalue weighted by atomic mass is 10.1. The Hall–Kier alpha value is -0.600. The summed E-state index contributed by atoms with van der Waals surface area (Å²) in [4.78, 5) is 0. The van der Waals surface area contributed by atoms with Gasteiger partial charge in [-0.25, -0.2) is 4.39 Å². The van der Waals surface area contributed by atoms with E-state index in [-0.39, 0.29) is 5.82 Å². The number of benzene rings is 1. The SMILES string of the molecule is CC(CNCc1cc(F)cc(Cl)c1)C1CC1. The Morgan fingerprint density at radius 3 is 2.81 bits per heavy atom. The second kappa shape index (κ2) is 5.15. The molecule has 16 heavy (non-hydrogen) atoms. The third-order valence-electron chi connectivity index (χ3n) is 3.14. The van der Waals surface area contributed by atoms with Gasteiger partial charge in [-0.2, -0.15) is 0 Å². The fourth-order valence-corrected chi connectivity index (χ4v) is 2.23. The van der Waals surface area contributed by atoms with Gasteiger partial charge in [-0.15, -0.1) is 0 Å². The topological polar surface area (TPSA) is 12.0 Å². The standard InChI is InChI=1S/C13H17ClFN/c1-9(11-2-3-11)7-16-8-10-4-12(14)6-13(15)5-10/h4-6,9,11,16H,2-3,7-8H2,1H3. The van der Waals surface area contributed by atoms with Crippen LogP contribution in [0.5, 0.6) is 0 Å². The molecule has 0 bridgehead atoms. The van der Waals surface area contributed by atoms with Crippen LogP contribution in [-0.2, 0) is 6.54 Å². The van der Waals surface area contributed by atoms with Crippen molar-refractivity contribution in [3.63, 3.8) is 0 Å². The van der Waals surface area contributed by atoms with Gasteiger partial charge in [-0.1, -0.05) is 18.5 Å². The van der Waals surface area contributed by atoms with Crippen LogP contribution in [0.2, 0.25) is 5.02 Å². The summed E-state index contributed by atoms with van der Waals surface area (Å²) in [7, 11) is 0. The third kappa shape index (κ3) is 3.46. The summed E-state index contributed by atoms with van der Waals surface area (Å²) in [6.45, 7) is 3.95. The van der Waals surface area contributed by atoms with Gasteiger partial charge in [0.1, 0.15) is 5.82 Å². The van der Waals surface area contributed by atoms with Crippen LogP contribution >= 0.6 is 11.6 Å². The Morgan fingerprint density at radius 1 is 1.44 bits per heavy atom. The van der Waals surface area contributed by atoms with E-state index in [1.54, 1.807) is 6.07 Å². The van der Waals surface area contributed by atoms with Crippen molar-refractivity contribution in [2.24, 2.45) is 11.8 Å². The van der Waals surface area contributed by atoms with Crippen LogP contribution in [0.15, 0.2) is 18.2 Å². The summed E-state index contributed by atoms with van der Waals surface area (Å²) in [6.07, 6.45) is 2.74. The molecule has 0 heterocycles. The van der Waals surface area contributed by atoms with Crippen LogP contribution in [-0.4, -0.2) is 6.54 Å². The third-order valence-corrected chi connectivity index (χ3v) is 3.36. The predicted octanol–water partition coefficient (Wildman–Crippen LogP) is 3.61.